The van der Waals surface area contributed by atoms with Gasteiger partial charge in [0.2, 0.25) is 11.8 Å². The number of ether oxygens (including phenoxy) is 3. The Hall–Kier alpha value is -4.60. The highest BCUT2D eigenvalue weighted by atomic mass is 32.1. The molecule has 1 spiro atoms. The lowest BCUT2D eigenvalue weighted by Crippen LogP contribution is -2.62. The van der Waals surface area contributed by atoms with Gasteiger partial charge >= 0.3 is 5.97 Å². The minimum atomic E-state index is -0.930. The Labute approximate surface area is 482 Å². The average Bonchev–Trinajstić information content (AvgIpc) is 4.02. The van der Waals surface area contributed by atoms with Gasteiger partial charge < -0.3 is 29.0 Å². The van der Waals surface area contributed by atoms with Crippen LogP contribution >= 0.6 is 11.3 Å². The van der Waals surface area contributed by atoms with Crippen LogP contribution in [0.2, 0.25) is 0 Å². The second-order valence-corrected chi connectivity index (χ2v) is 27.6. The Morgan fingerprint density at radius 1 is 0.975 bits per heavy atom. The lowest BCUT2D eigenvalue weighted by atomic mass is 9.83. The molecule has 81 heavy (non-hydrogen) atoms. The summed E-state index contributed by atoms with van der Waals surface area (Å²) in [7, 11) is 3.86. The summed E-state index contributed by atoms with van der Waals surface area (Å²) in [6.07, 6.45) is 13.1. The van der Waals surface area contributed by atoms with E-state index in [2.05, 4.69) is 104 Å². The van der Waals surface area contributed by atoms with Crippen molar-refractivity contribution >= 4 is 57.7 Å². The highest BCUT2D eigenvalue weighted by molar-refractivity contribution is 7.10. The number of amides is 3. The first-order valence-corrected chi connectivity index (χ1v) is 31.8. The van der Waals surface area contributed by atoms with Gasteiger partial charge in [0.25, 0.3) is 5.91 Å². The molecule has 10 aliphatic rings. The molecule has 8 fully saturated rings. The van der Waals surface area contributed by atoms with Crippen molar-refractivity contribution in [3.8, 4) is 11.3 Å². The Morgan fingerprint density at radius 2 is 1.79 bits per heavy atom. The van der Waals surface area contributed by atoms with Crippen LogP contribution in [0.25, 0.3) is 27.7 Å². The molecule has 2 saturated carbocycles. The van der Waals surface area contributed by atoms with Gasteiger partial charge in [-0.2, -0.15) is 0 Å². The van der Waals surface area contributed by atoms with E-state index in [1.165, 1.54) is 35.3 Å². The number of aliphatic imine (C=N–C) groups is 1. The number of rotatable bonds is 11. The minimum absolute atomic E-state index is 0.0233. The van der Waals surface area contributed by atoms with Crippen LogP contribution in [-0.4, -0.2) is 210 Å². The van der Waals surface area contributed by atoms with Crippen molar-refractivity contribution in [2.24, 2.45) is 27.7 Å². The normalized spacial score (nSPS) is 32.3. The van der Waals surface area contributed by atoms with E-state index < -0.39 is 23.5 Å². The molecule has 3 aromatic rings. The van der Waals surface area contributed by atoms with E-state index in [1.54, 1.807) is 12.1 Å². The van der Waals surface area contributed by atoms with Gasteiger partial charge in [0.05, 0.1) is 54.1 Å². The molecule has 2 aromatic heterocycles. The van der Waals surface area contributed by atoms with Gasteiger partial charge in [0, 0.05) is 135 Å². The fourth-order valence-electron chi connectivity index (χ4n) is 15.9. The summed E-state index contributed by atoms with van der Waals surface area (Å²) in [6.45, 7) is 18.5. The highest BCUT2D eigenvalue weighted by Gasteiger charge is 2.59. The van der Waals surface area contributed by atoms with Crippen LogP contribution in [0, 0.1) is 22.7 Å². The molecular weight excluding hydrogens is 1040 g/mol. The van der Waals surface area contributed by atoms with Crippen molar-refractivity contribution < 1.29 is 33.4 Å². The summed E-state index contributed by atoms with van der Waals surface area (Å²) in [5.41, 5.74) is 10.1. The number of morpholine rings is 1. The number of esters is 1. The van der Waals surface area contributed by atoms with Crippen LogP contribution in [0.1, 0.15) is 115 Å². The fourth-order valence-corrected chi connectivity index (χ4v) is 16.8. The fraction of sp³-hybridized carbons (Fsp3) is 0.710. The second-order valence-electron chi connectivity index (χ2n) is 26.7. The number of likely N-dealkylation sites (tertiary alicyclic amines) is 2. The highest BCUT2D eigenvalue weighted by Crippen LogP contribution is 2.49. The quantitative estimate of drug-likeness (QED) is 0.180. The maximum atomic E-state index is 15.3. The number of piperazine rings is 1. The first-order chi connectivity index (χ1) is 39.2. The molecule has 438 valence electrons. The van der Waals surface area contributed by atoms with Gasteiger partial charge in [-0.25, -0.2) is 10.4 Å². The third kappa shape index (κ3) is 10.9. The molecule has 6 bridgehead atoms. The van der Waals surface area contributed by atoms with Crippen molar-refractivity contribution in [3.05, 3.63) is 45.5 Å². The number of methoxy groups -OCH3 is 1. The number of thiazole rings is 1. The van der Waals surface area contributed by atoms with E-state index >= 15 is 9.59 Å². The molecule has 2 aliphatic carbocycles. The zero-order valence-electron chi connectivity index (χ0n) is 48.8. The molecule has 8 aliphatic heterocycles. The number of aromatic nitrogens is 2. The Bertz CT molecular complexity index is 2960. The standard InChI is InChI=1S/C62H87N11O7S/c1-7-72-50-17-16-41-27-44(50)46(55(72)45-28-42(31-63-52(45)38(2)78-6)69-24-23-68-25-26-79-33-43(68)32-69)30-61(3,4)37-80-60(77)47-13-10-20-73(66-47)58(75)48(29-51-64-49(41)34-81-51)65-57(74)54(39-11-8-9-12-39)70-21-18-62(35-70)19-22-71(36-62)59(76)56-53(67(56)5)40-14-15-40/h16-17,27,31,34,38-40,42-43,47-48,53-54,56,66H,7-15,18-26,28-30,32-33,35-37H2,1-6H3,(H,65,74)/t38-,42+,43-,47-,48-,53+,54-,56+,62-,67?/m0/s1. The summed E-state index contributed by atoms with van der Waals surface area (Å²) in [5, 5.41) is 8.89. The van der Waals surface area contributed by atoms with Crippen LogP contribution in [0.3, 0.4) is 0 Å². The van der Waals surface area contributed by atoms with E-state index in [0.29, 0.717) is 43.8 Å². The molecule has 6 saturated heterocycles. The molecule has 0 radical (unpaired) electrons. The third-order valence-corrected chi connectivity index (χ3v) is 21.5. The smallest absolute Gasteiger partial charge is 0.324 e. The van der Waals surface area contributed by atoms with Gasteiger partial charge in [-0.1, -0.05) is 32.8 Å². The van der Waals surface area contributed by atoms with Crippen LogP contribution in [0.5, 0.6) is 0 Å². The number of aryl methyl sites for hydroxylation is 1. The first kappa shape index (κ1) is 55.6. The number of fused-ring (bicyclic) bond motifs is 7. The van der Waals surface area contributed by atoms with Gasteiger partial charge in [-0.3, -0.25) is 48.8 Å². The molecule has 19 heteroatoms. The maximum absolute atomic E-state index is 15.3. The summed E-state index contributed by atoms with van der Waals surface area (Å²) in [4.78, 5) is 81.2. The van der Waals surface area contributed by atoms with E-state index in [-0.39, 0.29) is 66.2 Å². The second kappa shape index (κ2) is 22.4. The number of nitrogens with zero attached hydrogens (tertiary/aromatic N) is 9. The molecule has 3 amide bonds. The largest absolute Gasteiger partial charge is 0.464 e. The Morgan fingerprint density at radius 3 is 2.59 bits per heavy atom. The van der Waals surface area contributed by atoms with Crippen molar-refractivity contribution in [2.75, 3.05) is 92.9 Å². The topological polar surface area (TPSA) is 169 Å². The lowest BCUT2D eigenvalue weighted by molar-refractivity contribution is -0.155. The minimum Gasteiger partial charge on any atom is -0.464 e. The number of hydrogen-bond acceptors (Lipinski definition) is 15. The number of cyclic esters (lactones) is 1. The summed E-state index contributed by atoms with van der Waals surface area (Å²) >= 11 is 1.52. The van der Waals surface area contributed by atoms with Gasteiger partial charge in [0.1, 0.15) is 18.1 Å². The molecular formula is C62H87N11O7S. The van der Waals surface area contributed by atoms with Crippen molar-refractivity contribution in [3.63, 3.8) is 0 Å². The molecule has 1 unspecified atom stereocenters. The van der Waals surface area contributed by atoms with Gasteiger partial charge in [0.15, 0.2) is 0 Å². The van der Waals surface area contributed by atoms with E-state index in [9.17, 15) is 9.59 Å². The van der Waals surface area contributed by atoms with Crippen LogP contribution in [0.4, 0.5) is 0 Å². The SMILES string of the molecule is CCn1c(C2=C([C@H](C)OC)N=C[C@H](N3CCN4CCOC[C@@H]4C3)C2)c2c3cc(ccc31)-c1csc(n1)C[C@H](NC(=O)[C@H](C1CCCC1)N1CC[C@]3(CCN(C(=O)[C@H]4[C@@H](C5CC5)N4C)C3)C1)C(=O)N1CCC[C@H](N1)C(=O)OCC(C)(C)C2. The molecule has 10 heterocycles. The molecule has 18 nitrogen and oxygen atoms in total. The van der Waals surface area contributed by atoms with E-state index in [4.69, 9.17) is 24.2 Å². The number of hydrogen-bond donors (Lipinski definition) is 2. The van der Waals surface area contributed by atoms with Crippen molar-refractivity contribution in [1.82, 2.24) is 49.8 Å². The molecule has 10 atom stereocenters. The molecule has 2 N–H and O–H groups in total. The average molecular weight is 1130 g/mol. The predicted octanol–water partition coefficient (Wildman–Crippen LogP) is 5.61. The van der Waals surface area contributed by atoms with Crippen LogP contribution in [-0.2, 0) is 52.8 Å². The summed E-state index contributed by atoms with van der Waals surface area (Å²) < 4.78 is 20.8. The number of carbonyl (C=O) groups is 4. The number of benzene rings is 1. The number of nitrogens with one attached hydrogen (secondary N) is 2. The van der Waals surface area contributed by atoms with Crippen molar-refractivity contribution in [2.45, 2.75) is 166 Å². The lowest BCUT2D eigenvalue weighted by Gasteiger charge is -2.46. The molecule has 13 rings (SSSR count). The number of likely N-dealkylation sites (N-methyl/N-ethyl adjacent to an activating group) is 1. The van der Waals surface area contributed by atoms with Crippen LogP contribution < -0.4 is 10.7 Å². The van der Waals surface area contributed by atoms with Crippen molar-refractivity contribution in [1.29, 1.82) is 0 Å². The summed E-state index contributed by atoms with van der Waals surface area (Å²) in [6, 6.07) is 5.52. The Balaban J connectivity index is 0.812. The predicted molar refractivity (Wildman–Crippen MR) is 312 cm³/mol. The van der Waals surface area contributed by atoms with E-state index in [0.717, 1.165) is 156 Å². The third-order valence-electron chi connectivity index (χ3n) is 20.6. The first-order valence-electron chi connectivity index (χ1n) is 30.9. The maximum Gasteiger partial charge on any atom is 0.324 e. The monoisotopic (exact) mass is 1130 g/mol. The number of hydrazine groups is 1. The summed E-state index contributed by atoms with van der Waals surface area (Å²) in [5.74, 6) is 0.346. The molecule has 1 aromatic carbocycles. The number of carbonyl (C=O) groups excluding carboxylic acids is 4. The Kier molecular flexibility index (Phi) is 15.4. The van der Waals surface area contributed by atoms with Gasteiger partial charge in [-0.15, -0.1) is 11.3 Å². The zero-order chi connectivity index (χ0) is 55.9. The van der Waals surface area contributed by atoms with Crippen LogP contribution in [0.15, 0.2) is 34.3 Å². The van der Waals surface area contributed by atoms with Gasteiger partial charge in [-0.05, 0) is 121 Å². The zero-order valence-corrected chi connectivity index (χ0v) is 49.7. The van der Waals surface area contributed by atoms with E-state index in [1.807, 2.05) is 0 Å².